The Hall–Kier alpha value is -2.30. The zero-order valence-electron chi connectivity index (χ0n) is 13.9. The van der Waals surface area contributed by atoms with Gasteiger partial charge in [-0.05, 0) is 36.3 Å². The average molecular weight is 377 g/mol. The van der Waals surface area contributed by atoms with E-state index in [0.717, 1.165) is 11.1 Å². The molecule has 0 saturated carbocycles. The Balaban J connectivity index is 1.97. The van der Waals surface area contributed by atoms with Crippen molar-refractivity contribution in [1.82, 2.24) is 4.90 Å². The third-order valence-electron chi connectivity index (χ3n) is 3.58. The van der Waals surface area contributed by atoms with Gasteiger partial charge in [-0.3, -0.25) is 9.59 Å². The van der Waals surface area contributed by atoms with Gasteiger partial charge in [-0.15, -0.1) is 0 Å². The Labute approximate surface area is 157 Å². The van der Waals surface area contributed by atoms with Crippen LogP contribution in [0.3, 0.4) is 0 Å². The summed E-state index contributed by atoms with van der Waals surface area (Å²) in [6.07, 6.45) is 3.18. The standard InChI is InChI=1S/C19H18Cl2N2O2/c1-13-6-3-4-7-14(13)10-11-18(25)23(2)12-17(24)22-19-15(20)8-5-9-16(19)21/h3-11H,12H2,1-2H3,(H,22,24)/b11-10+. The lowest BCUT2D eigenvalue weighted by molar-refractivity contribution is -0.129. The van der Waals surface area contributed by atoms with Crippen molar-refractivity contribution >= 4 is 46.8 Å². The zero-order valence-corrected chi connectivity index (χ0v) is 15.4. The summed E-state index contributed by atoms with van der Waals surface area (Å²) in [5, 5.41) is 3.31. The van der Waals surface area contributed by atoms with Crippen molar-refractivity contribution in [2.75, 3.05) is 18.9 Å². The predicted molar refractivity (Wildman–Crippen MR) is 103 cm³/mol. The normalized spacial score (nSPS) is 10.7. The minimum atomic E-state index is -0.379. The molecule has 1 N–H and O–H groups in total. The van der Waals surface area contributed by atoms with Crippen LogP contribution < -0.4 is 5.32 Å². The third kappa shape index (κ3) is 5.34. The van der Waals surface area contributed by atoms with Crippen molar-refractivity contribution in [2.24, 2.45) is 0 Å². The molecule has 0 aliphatic rings. The first-order valence-corrected chi connectivity index (χ1v) is 8.36. The Bertz CT molecular complexity index is 799. The Morgan fingerprint density at radius 3 is 2.36 bits per heavy atom. The van der Waals surface area contributed by atoms with Crippen molar-refractivity contribution in [2.45, 2.75) is 6.92 Å². The summed E-state index contributed by atoms with van der Waals surface area (Å²) < 4.78 is 0. The van der Waals surface area contributed by atoms with Gasteiger partial charge in [-0.25, -0.2) is 0 Å². The van der Waals surface area contributed by atoms with E-state index in [1.54, 1.807) is 31.3 Å². The van der Waals surface area contributed by atoms with E-state index in [0.29, 0.717) is 15.7 Å². The lowest BCUT2D eigenvalue weighted by Crippen LogP contribution is -2.34. The van der Waals surface area contributed by atoms with E-state index in [1.165, 1.54) is 11.0 Å². The number of nitrogens with one attached hydrogen (secondary N) is 1. The van der Waals surface area contributed by atoms with Crippen LogP contribution in [0, 0.1) is 6.92 Å². The van der Waals surface area contributed by atoms with E-state index in [1.807, 2.05) is 31.2 Å². The van der Waals surface area contributed by atoms with Crippen LogP contribution in [0.2, 0.25) is 10.0 Å². The van der Waals surface area contributed by atoms with E-state index in [-0.39, 0.29) is 18.4 Å². The van der Waals surface area contributed by atoms with Gasteiger partial charge in [0.15, 0.2) is 0 Å². The van der Waals surface area contributed by atoms with Gasteiger partial charge in [0.2, 0.25) is 11.8 Å². The summed E-state index contributed by atoms with van der Waals surface area (Å²) in [4.78, 5) is 25.6. The van der Waals surface area contributed by atoms with Gasteiger partial charge in [0.25, 0.3) is 0 Å². The topological polar surface area (TPSA) is 49.4 Å². The quantitative estimate of drug-likeness (QED) is 0.785. The van der Waals surface area contributed by atoms with E-state index >= 15 is 0 Å². The highest BCUT2D eigenvalue weighted by Gasteiger charge is 2.13. The largest absolute Gasteiger partial charge is 0.333 e. The number of hydrogen-bond acceptors (Lipinski definition) is 2. The molecule has 2 aromatic carbocycles. The monoisotopic (exact) mass is 376 g/mol. The lowest BCUT2D eigenvalue weighted by Gasteiger charge is -2.16. The molecule has 4 nitrogen and oxygen atoms in total. The highest BCUT2D eigenvalue weighted by atomic mass is 35.5. The molecule has 0 aromatic heterocycles. The molecular weight excluding hydrogens is 359 g/mol. The fraction of sp³-hybridized carbons (Fsp3) is 0.158. The van der Waals surface area contributed by atoms with E-state index in [4.69, 9.17) is 23.2 Å². The van der Waals surface area contributed by atoms with Crippen LogP contribution in [-0.4, -0.2) is 30.3 Å². The van der Waals surface area contributed by atoms with Gasteiger partial charge >= 0.3 is 0 Å². The third-order valence-corrected chi connectivity index (χ3v) is 4.21. The van der Waals surface area contributed by atoms with Gasteiger partial charge in [-0.1, -0.05) is 53.5 Å². The fourth-order valence-corrected chi connectivity index (χ4v) is 2.64. The minimum absolute atomic E-state index is 0.113. The summed E-state index contributed by atoms with van der Waals surface area (Å²) in [5.74, 6) is -0.654. The molecule has 0 heterocycles. The Morgan fingerprint density at radius 1 is 1.08 bits per heavy atom. The zero-order chi connectivity index (χ0) is 18.4. The van der Waals surface area contributed by atoms with E-state index < -0.39 is 0 Å². The average Bonchev–Trinajstić information content (AvgIpc) is 2.57. The van der Waals surface area contributed by atoms with Crippen LogP contribution in [0.25, 0.3) is 6.08 Å². The van der Waals surface area contributed by atoms with Crippen molar-refractivity contribution in [3.8, 4) is 0 Å². The number of anilines is 1. The summed E-state index contributed by atoms with van der Waals surface area (Å²) in [6.45, 7) is 1.85. The molecule has 2 amide bonds. The minimum Gasteiger partial charge on any atom is -0.333 e. The smallest absolute Gasteiger partial charge is 0.246 e. The van der Waals surface area contributed by atoms with Gasteiger partial charge in [-0.2, -0.15) is 0 Å². The summed E-state index contributed by atoms with van der Waals surface area (Å²) in [6, 6.07) is 12.7. The Morgan fingerprint density at radius 2 is 1.72 bits per heavy atom. The number of nitrogens with zero attached hydrogens (tertiary/aromatic N) is 1. The lowest BCUT2D eigenvalue weighted by atomic mass is 10.1. The molecule has 0 saturated heterocycles. The van der Waals surface area contributed by atoms with Crippen LogP contribution in [0.15, 0.2) is 48.5 Å². The van der Waals surface area contributed by atoms with Gasteiger partial charge in [0.1, 0.15) is 0 Å². The number of halogens is 2. The van der Waals surface area contributed by atoms with Crippen molar-refractivity contribution < 1.29 is 9.59 Å². The molecule has 0 radical (unpaired) electrons. The van der Waals surface area contributed by atoms with Crippen molar-refractivity contribution in [3.05, 3.63) is 69.7 Å². The highest BCUT2D eigenvalue weighted by molar-refractivity contribution is 6.39. The predicted octanol–water partition coefficient (Wildman–Crippen LogP) is 4.41. The first kappa shape index (κ1) is 19.0. The number of benzene rings is 2. The summed E-state index contributed by atoms with van der Waals surface area (Å²) >= 11 is 12.0. The summed E-state index contributed by atoms with van der Waals surface area (Å²) in [5.41, 5.74) is 2.36. The highest BCUT2D eigenvalue weighted by Crippen LogP contribution is 2.29. The van der Waals surface area contributed by atoms with Crippen molar-refractivity contribution in [3.63, 3.8) is 0 Å². The number of aryl methyl sites for hydroxylation is 1. The molecule has 0 aliphatic carbocycles. The molecule has 0 unspecified atom stereocenters. The number of likely N-dealkylation sites (N-methyl/N-ethyl adjacent to an activating group) is 1. The van der Waals surface area contributed by atoms with Gasteiger partial charge in [0.05, 0.1) is 22.3 Å². The van der Waals surface area contributed by atoms with Crippen LogP contribution in [-0.2, 0) is 9.59 Å². The second kappa shape index (κ2) is 8.70. The molecule has 0 atom stereocenters. The second-order valence-corrected chi connectivity index (χ2v) is 6.34. The number of hydrogen-bond donors (Lipinski definition) is 1. The van der Waals surface area contributed by atoms with E-state index in [2.05, 4.69) is 5.32 Å². The molecule has 25 heavy (non-hydrogen) atoms. The maximum absolute atomic E-state index is 12.2. The van der Waals surface area contributed by atoms with Gasteiger partial charge < -0.3 is 10.2 Å². The summed E-state index contributed by atoms with van der Waals surface area (Å²) in [7, 11) is 1.55. The number of carbonyl (C=O) groups is 2. The number of para-hydroxylation sites is 1. The Kier molecular flexibility index (Phi) is 6.62. The van der Waals surface area contributed by atoms with Crippen LogP contribution >= 0.6 is 23.2 Å². The van der Waals surface area contributed by atoms with Crippen molar-refractivity contribution in [1.29, 1.82) is 0 Å². The first-order chi connectivity index (χ1) is 11.9. The SMILES string of the molecule is Cc1ccccc1/C=C/C(=O)N(C)CC(=O)Nc1c(Cl)cccc1Cl. The molecular formula is C19H18Cl2N2O2. The number of carbonyl (C=O) groups excluding carboxylic acids is 2. The van der Waals surface area contributed by atoms with Gasteiger partial charge in [0, 0.05) is 13.1 Å². The molecule has 0 spiro atoms. The number of amides is 2. The molecule has 0 aliphatic heterocycles. The molecule has 6 heteroatoms. The maximum Gasteiger partial charge on any atom is 0.246 e. The van der Waals surface area contributed by atoms with E-state index in [9.17, 15) is 9.59 Å². The van der Waals surface area contributed by atoms with Crippen LogP contribution in [0.1, 0.15) is 11.1 Å². The van der Waals surface area contributed by atoms with Crippen LogP contribution in [0.5, 0.6) is 0 Å². The molecule has 0 bridgehead atoms. The molecule has 2 rings (SSSR count). The molecule has 0 fully saturated rings. The molecule has 130 valence electrons. The fourth-order valence-electron chi connectivity index (χ4n) is 2.15. The first-order valence-electron chi connectivity index (χ1n) is 7.61. The number of rotatable bonds is 5. The van der Waals surface area contributed by atoms with Crippen LogP contribution in [0.4, 0.5) is 5.69 Å². The maximum atomic E-state index is 12.2. The molecule has 2 aromatic rings. The second-order valence-electron chi connectivity index (χ2n) is 5.53.